The maximum absolute atomic E-state index is 5.33. The Bertz CT molecular complexity index is 354. The summed E-state index contributed by atoms with van der Waals surface area (Å²) in [5, 5.41) is 3.29. The minimum atomic E-state index is 0.605. The highest BCUT2D eigenvalue weighted by atomic mass is 15.2. The van der Waals surface area contributed by atoms with Gasteiger partial charge in [0.15, 0.2) is 0 Å². The molecule has 3 heteroatoms. The molecular weight excluding hydrogens is 198 g/mol. The molecule has 1 aromatic rings. The maximum atomic E-state index is 5.33. The zero-order valence-corrected chi connectivity index (χ0v) is 10.0. The molecule has 16 heavy (non-hydrogen) atoms. The van der Waals surface area contributed by atoms with Gasteiger partial charge in [-0.05, 0) is 31.2 Å². The number of nitrogens with one attached hydrogen (secondary N) is 1. The van der Waals surface area contributed by atoms with E-state index < -0.39 is 0 Å². The van der Waals surface area contributed by atoms with Crippen LogP contribution in [0.4, 0.5) is 5.82 Å². The second-order valence-electron chi connectivity index (χ2n) is 3.52. The van der Waals surface area contributed by atoms with Crippen molar-refractivity contribution in [2.75, 3.05) is 24.5 Å². The summed E-state index contributed by atoms with van der Waals surface area (Å²) in [7, 11) is 0. The Kier molecular flexibility index (Phi) is 5.38. The first-order valence-electron chi connectivity index (χ1n) is 5.65. The lowest BCUT2D eigenvalue weighted by atomic mass is 10.2. The summed E-state index contributed by atoms with van der Waals surface area (Å²) in [6, 6.07) is 4.11. The van der Waals surface area contributed by atoms with Crippen LogP contribution in [-0.4, -0.2) is 24.6 Å². The molecule has 0 saturated heterocycles. The van der Waals surface area contributed by atoms with E-state index in [2.05, 4.69) is 41.0 Å². The normalized spacial score (nSPS) is 9.81. The molecule has 3 nitrogen and oxygen atoms in total. The minimum absolute atomic E-state index is 0.605. The molecule has 0 aliphatic carbocycles. The summed E-state index contributed by atoms with van der Waals surface area (Å²) in [5.74, 6) is 3.60. The maximum Gasteiger partial charge on any atom is 0.129 e. The minimum Gasteiger partial charge on any atom is -0.346 e. The molecule has 0 aliphatic rings. The van der Waals surface area contributed by atoms with Gasteiger partial charge in [0.05, 0.1) is 6.54 Å². The number of aromatic nitrogens is 1. The van der Waals surface area contributed by atoms with Gasteiger partial charge >= 0.3 is 0 Å². The third-order valence-corrected chi connectivity index (χ3v) is 2.38. The van der Waals surface area contributed by atoms with Crippen molar-refractivity contribution in [3.8, 4) is 12.3 Å². The zero-order valence-electron chi connectivity index (χ0n) is 10.0. The van der Waals surface area contributed by atoms with Crippen LogP contribution in [0.1, 0.15) is 19.4 Å². The van der Waals surface area contributed by atoms with E-state index in [1.165, 1.54) is 5.56 Å². The van der Waals surface area contributed by atoms with Gasteiger partial charge in [0.25, 0.3) is 0 Å². The molecule has 1 rings (SSSR count). The Balaban J connectivity index is 2.76. The fourth-order valence-corrected chi connectivity index (χ4v) is 1.48. The van der Waals surface area contributed by atoms with Crippen molar-refractivity contribution in [3.05, 3.63) is 23.9 Å². The van der Waals surface area contributed by atoms with Crippen LogP contribution in [0.3, 0.4) is 0 Å². The number of terminal acetylenes is 1. The largest absolute Gasteiger partial charge is 0.346 e. The molecule has 0 aliphatic heterocycles. The standard InChI is InChI=1S/C13H19N3/c1-4-9-16(6-3)13-10-12(7-8-15-13)11-14-5-2/h1,7-8,10,14H,5-6,9,11H2,2-3H3. The van der Waals surface area contributed by atoms with Crippen molar-refractivity contribution < 1.29 is 0 Å². The average Bonchev–Trinajstić information content (AvgIpc) is 2.33. The van der Waals surface area contributed by atoms with Crippen molar-refractivity contribution in [1.29, 1.82) is 0 Å². The first-order chi connectivity index (χ1) is 7.81. The summed E-state index contributed by atoms with van der Waals surface area (Å²) in [6.07, 6.45) is 7.16. The van der Waals surface area contributed by atoms with E-state index in [-0.39, 0.29) is 0 Å². The van der Waals surface area contributed by atoms with Crippen LogP contribution in [0, 0.1) is 12.3 Å². The molecule has 0 spiro atoms. The van der Waals surface area contributed by atoms with E-state index in [1.54, 1.807) is 0 Å². The van der Waals surface area contributed by atoms with E-state index in [0.717, 1.165) is 25.5 Å². The molecule has 0 aromatic carbocycles. The van der Waals surface area contributed by atoms with Gasteiger partial charge in [-0.15, -0.1) is 6.42 Å². The van der Waals surface area contributed by atoms with Gasteiger partial charge in [-0.3, -0.25) is 0 Å². The van der Waals surface area contributed by atoms with Gasteiger partial charge < -0.3 is 10.2 Å². The number of hydrogen-bond acceptors (Lipinski definition) is 3. The van der Waals surface area contributed by atoms with Crippen LogP contribution in [0.5, 0.6) is 0 Å². The summed E-state index contributed by atoms with van der Waals surface area (Å²) < 4.78 is 0. The van der Waals surface area contributed by atoms with Crippen molar-refractivity contribution in [2.24, 2.45) is 0 Å². The lowest BCUT2D eigenvalue weighted by Crippen LogP contribution is -2.24. The van der Waals surface area contributed by atoms with E-state index >= 15 is 0 Å². The molecule has 0 fully saturated rings. The molecule has 1 N–H and O–H groups in total. The van der Waals surface area contributed by atoms with Crippen molar-refractivity contribution >= 4 is 5.82 Å². The number of nitrogens with zero attached hydrogens (tertiary/aromatic N) is 2. The molecule has 1 aromatic heterocycles. The molecule has 0 radical (unpaired) electrons. The Hall–Kier alpha value is -1.53. The third kappa shape index (κ3) is 3.56. The Labute approximate surface area is 97.9 Å². The molecule has 0 atom stereocenters. The smallest absolute Gasteiger partial charge is 0.129 e. The molecule has 0 bridgehead atoms. The number of hydrogen-bond donors (Lipinski definition) is 1. The van der Waals surface area contributed by atoms with Crippen molar-refractivity contribution in [1.82, 2.24) is 10.3 Å². The summed E-state index contributed by atoms with van der Waals surface area (Å²) in [4.78, 5) is 6.42. The van der Waals surface area contributed by atoms with Gasteiger partial charge in [0, 0.05) is 19.3 Å². The first kappa shape index (κ1) is 12.5. The van der Waals surface area contributed by atoms with Gasteiger partial charge in [-0.2, -0.15) is 0 Å². The van der Waals surface area contributed by atoms with E-state index in [0.29, 0.717) is 6.54 Å². The molecule has 0 saturated carbocycles. The second-order valence-corrected chi connectivity index (χ2v) is 3.52. The van der Waals surface area contributed by atoms with Gasteiger partial charge in [-0.1, -0.05) is 12.8 Å². The van der Waals surface area contributed by atoms with Crippen LogP contribution in [-0.2, 0) is 6.54 Å². The zero-order chi connectivity index (χ0) is 11.8. The molecule has 86 valence electrons. The van der Waals surface area contributed by atoms with Crippen LogP contribution in [0.15, 0.2) is 18.3 Å². The number of rotatable bonds is 6. The molecule has 1 heterocycles. The summed E-state index contributed by atoms with van der Waals surface area (Å²) >= 11 is 0. The number of anilines is 1. The van der Waals surface area contributed by atoms with Crippen molar-refractivity contribution in [3.63, 3.8) is 0 Å². The fourth-order valence-electron chi connectivity index (χ4n) is 1.48. The quantitative estimate of drug-likeness (QED) is 0.734. The molecule has 0 amide bonds. The van der Waals surface area contributed by atoms with E-state index in [9.17, 15) is 0 Å². The fraction of sp³-hybridized carbons (Fsp3) is 0.462. The van der Waals surface area contributed by atoms with Gasteiger partial charge in [-0.25, -0.2) is 4.98 Å². The Morgan fingerprint density at radius 1 is 1.50 bits per heavy atom. The van der Waals surface area contributed by atoms with E-state index in [4.69, 9.17) is 6.42 Å². The van der Waals surface area contributed by atoms with Gasteiger partial charge in [0.2, 0.25) is 0 Å². The average molecular weight is 217 g/mol. The highest BCUT2D eigenvalue weighted by Crippen LogP contribution is 2.11. The summed E-state index contributed by atoms with van der Waals surface area (Å²) in [5.41, 5.74) is 1.24. The van der Waals surface area contributed by atoms with Gasteiger partial charge in [0.1, 0.15) is 5.82 Å². The third-order valence-electron chi connectivity index (χ3n) is 2.38. The lowest BCUT2D eigenvalue weighted by Gasteiger charge is -2.19. The predicted molar refractivity (Wildman–Crippen MR) is 68.3 cm³/mol. The van der Waals surface area contributed by atoms with E-state index in [1.807, 2.05) is 12.3 Å². The van der Waals surface area contributed by atoms with Crippen LogP contribution in [0.2, 0.25) is 0 Å². The predicted octanol–water partition coefficient (Wildman–Crippen LogP) is 1.65. The van der Waals surface area contributed by atoms with Crippen LogP contribution in [0.25, 0.3) is 0 Å². The van der Waals surface area contributed by atoms with Crippen LogP contribution >= 0.6 is 0 Å². The monoisotopic (exact) mass is 217 g/mol. The lowest BCUT2D eigenvalue weighted by molar-refractivity contribution is 0.725. The topological polar surface area (TPSA) is 28.2 Å². The second kappa shape index (κ2) is 6.86. The highest BCUT2D eigenvalue weighted by molar-refractivity contribution is 5.42. The Morgan fingerprint density at radius 3 is 2.94 bits per heavy atom. The Morgan fingerprint density at radius 2 is 2.31 bits per heavy atom. The highest BCUT2D eigenvalue weighted by Gasteiger charge is 2.04. The SMILES string of the molecule is C#CCN(CC)c1cc(CNCC)ccn1. The van der Waals surface area contributed by atoms with Crippen LogP contribution < -0.4 is 10.2 Å². The van der Waals surface area contributed by atoms with Crippen molar-refractivity contribution in [2.45, 2.75) is 20.4 Å². The number of pyridine rings is 1. The summed E-state index contributed by atoms with van der Waals surface area (Å²) in [6.45, 7) is 7.50. The first-order valence-corrected chi connectivity index (χ1v) is 5.65. The molecule has 0 unspecified atom stereocenters. The molecular formula is C13H19N3.